The Labute approximate surface area is 196 Å². The summed E-state index contributed by atoms with van der Waals surface area (Å²) in [6.07, 6.45) is 6.99. The van der Waals surface area contributed by atoms with E-state index in [0.29, 0.717) is 40.5 Å². The van der Waals surface area contributed by atoms with Crippen LogP contribution in [0.15, 0.2) is 59.7 Å². The van der Waals surface area contributed by atoms with Gasteiger partial charge in [-0.25, -0.2) is 0 Å². The van der Waals surface area contributed by atoms with Crippen molar-refractivity contribution in [3.05, 3.63) is 70.8 Å². The molecular formula is C26H23ClN2O4. The number of halogens is 1. The van der Waals surface area contributed by atoms with E-state index in [1.54, 1.807) is 19.2 Å². The van der Waals surface area contributed by atoms with Crippen molar-refractivity contribution in [1.29, 1.82) is 0 Å². The Kier molecular flexibility index (Phi) is 4.80. The van der Waals surface area contributed by atoms with Gasteiger partial charge in [-0.1, -0.05) is 42.0 Å². The van der Waals surface area contributed by atoms with Gasteiger partial charge in [0.1, 0.15) is 6.61 Å². The van der Waals surface area contributed by atoms with Gasteiger partial charge in [-0.2, -0.15) is 10.1 Å². The lowest BCUT2D eigenvalue weighted by Crippen LogP contribution is -2.40. The molecule has 1 aliphatic heterocycles. The van der Waals surface area contributed by atoms with Gasteiger partial charge < -0.3 is 9.47 Å². The number of rotatable bonds is 6. The Balaban J connectivity index is 1.18. The lowest BCUT2D eigenvalue weighted by molar-refractivity contribution is -0.140. The van der Waals surface area contributed by atoms with Crippen LogP contribution in [-0.4, -0.2) is 30.1 Å². The Morgan fingerprint density at radius 3 is 2.39 bits per heavy atom. The topological polar surface area (TPSA) is 68.2 Å². The highest BCUT2D eigenvalue weighted by molar-refractivity contribution is 6.31. The summed E-state index contributed by atoms with van der Waals surface area (Å²) >= 11 is 6.20. The zero-order valence-electron chi connectivity index (χ0n) is 18.1. The lowest BCUT2D eigenvalue weighted by atomic mass is 9.63. The summed E-state index contributed by atoms with van der Waals surface area (Å²) in [5.41, 5.74) is 1.58. The minimum Gasteiger partial charge on any atom is -0.493 e. The minimum atomic E-state index is -0.247. The Morgan fingerprint density at radius 1 is 1.03 bits per heavy atom. The van der Waals surface area contributed by atoms with Crippen LogP contribution in [0.5, 0.6) is 11.5 Å². The lowest BCUT2D eigenvalue weighted by Gasteiger charge is -2.37. The van der Waals surface area contributed by atoms with Gasteiger partial charge >= 0.3 is 0 Å². The predicted molar refractivity (Wildman–Crippen MR) is 123 cm³/mol. The average Bonchev–Trinajstić information content (AvgIpc) is 3.62. The van der Waals surface area contributed by atoms with E-state index in [4.69, 9.17) is 21.1 Å². The van der Waals surface area contributed by atoms with Crippen molar-refractivity contribution in [2.75, 3.05) is 7.11 Å². The molecule has 0 N–H and O–H groups in total. The van der Waals surface area contributed by atoms with Gasteiger partial charge in [0.25, 0.3) is 11.8 Å². The number of benzene rings is 2. The zero-order valence-corrected chi connectivity index (χ0v) is 18.8. The molecule has 6 atom stereocenters. The van der Waals surface area contributed by atoms with E-state index in [0.717, 1.165) is 17.0 Å². The largest absolute Gasteiger partial charge is 0.493 e. The summed E-state index contributed by atoms with van der Waals surface area (Å²) < 4.78 is 11.4. The van der Waals surface area contributed by atoms with Crippen molar-refractivity contribution in [3.8, 4) is 11.5 Å². The van der Waals surface area contributed by atoms with Crippen molar-refractivity contribution in [3.63, 3.8) is 0 Å². The fraction of sp³-hybridized carbons (Fsp3) is 0.346. The van der Waals surface area contributed by atoms with Crippen molar-refractivity contribution in [2.24, 2.45) is 40.6 Å². The third-order valence-electron chi connectivity index (χ3n) is 7.49. The van der Waals surface area contributed by atoms with Gasteiger partial charge in [-0.05, 0) is 59.9 Å². The number of methoxy groups -OCH3 is 1. The molecule has 6 nitrogen and oxygen atoms in total. The monoisotopic (exact) mass is 462 g/mol. The average molecular weight is 463 g/mol. The maximum Gasteiger partial charge on any atom is 0.254 e. The molecule has 0 radical (unpaired) electrons. The molecule has 2 saturated carbocycles. The maximum atomic E-state index is 13.1. The van der Waals surface area contributed by atoms with Crippen LogP contribution in [0.2, 0.25) is 5.02 Å². The van der Waals surface area contributed by atoms with Crippen LogP contribution in [0.3, 0.4) is 0 Å². The summed E-state index contributed by atoms with van der Waals surface area (Å²) in [5.74, 6) is 1.79. The summed E-state index contributed by atoms with van der Waals surface area (Å²) in [7, 11) is 1.56. The van der Waals surface area contributed by atoms with Crippen molar-refractivity contribution < 1.29 is 19.1 Å². The molecule has 1 heterocycles. The molecule has 7 heteroatoms. The first-order valence-corrected chi connectivity index (χ1v) is 11.6. The molecular weight excluding hydrogens is 440 g/mol. The number of ether oxygens (including phenoxy) is 2. The number of imide groups is 1. The van der Waals surface area contributed by atoms with E-state index in [9.17, 15) is 9.59 Å². The van der Waals surface area contributed by atoms with Crippen LogP contribution >= 0.6 is 11.6 Å². The first kappa shape index (κ1) is 20.5. The number of hydrogen-bond acceptors (Lipinski definition) is 5. The van der Waals surface area contributed by atoms with Crippen LogP contribution in [0, 0.1) is 35.5 Å². The predicted octanol–water partition coefficient (Wildman–Crippen LogP) is 4.31. The fourth-order valence-electron chi connectivity index (χ4n) is 5.83. The molecule has 0 aromatic heterocycles. The van der Waals surface area contributed by atoms with E-state index < -0.39 is 0 Å². The zero-order chi connectivity index (χ0) is 22.7. The van der Waals surface area contributed by atoms with E-state index >= 15 is 0 Å². The van der Waals surface area contributed by atoms with E-state index in [1.165, 1.54) is 6.21 Å². The number of carbonyl (C=O) groups excluding carboxylic acids is 2. The highest BCUT2D eigenvalue weighted by Gasteiger charge is 2.67. The number of hydrogen-bond donors (Lipinski definition) is 0. The summed E-state index contributed by atoms with van der Waals surface area (Å²) in [6.45, 7) is 0.307. The highest BCUT2D eigenvalue weighted by atomic mass is 35.5. The number of carbonyl (C=O) groups is 2. The summed E-state index contributed by atoms with van der Waals surface area (Å²) in [4.78, 5) is 26.1. The maximum absolute atomic E-state index is 13.1. The van der Waals surface area contributed by atoms with E-state index in [1.807, 2.05) is 30.3 Å². The highest BCUT2D eigenvalue weighted by Crippen LogP contribution is 2.65. The van der Waals surface area contributed by atoms with E-state index in [-0.39, 0.29) is 35.5 Å². The van der Waals surface area contributed by atoms with Gasteiger partial charge in [0.05, 0.1) is 25.2 Å². The molecule has 2 aromatic carbocycles. The standard InChI is InChI=1S/C26H23ClN2O4/c1-32-22-10-14(6-9-21(22)33-13-15-4-2-3-5-20(15)27)12-28-29-25(30)23-16-7-8-17(19-11-18(16)19)24(23)26(29)31/h2-10,12,16-19,23-24H,11,13H2,1H3/b28-12+. The van der Waals surface area contributed by atoms with Crippen molar-refractivity contribution in [1.82, 2.24) is 5.01 Å². The molecule has 7 rings (SSSR count). The molecule has 2 bridgehead atoms. The molecule has 0 spiro atoms. The summed E-state index contributed by atoms with van der Waals surface area (Å²) in [5, 5.41) is 6.02. The number of nitrogens with zero attached hydrogens (tertiary/aromatic N) is 2. The number of amides is 2. The molecule has 33 heavy (non-hydrogen) atoms. The quantitative estimate of drug-likeness (QED) is 0.364. The molecule has 4 aliphatic carbocycles. The van der Waals surface area contributed by atoms with Gasteiger partial charge in [0.15, 0.2) is 11.5 Å². The van der Waals surface area contributed by atoms with Gasteiger partial charge in [-0.15, -0.1) is 0 Å². The summed E-state index contributed by atoms with van der Waals surface area (Å²) in [6, 6.07) is 12.9. The molecule has 168 valence electrons. The Morgan fingerprint density at radius 2 is 1.73 bits per heavy atom. The minimum absolute atomic E-state index is 0.169. The molecule has 2 amide bonds. The SMILES string of the molecule is COc1cc(/C=N/N2C(=O)C3C4C=CC(C5CC45)C3C2=O)ccc1OCc1ccccc1Cl. The first-order valence-electron chi connectivity index (χ1n) is 11.2. The fourth-order valence-corrected chi connectivity index (χ4v) is 6.02. The third-order valence-corrected chi connectivity index (χ3v) is 7.86. The normalized spacial score (nSPS) is 31.2. The van der Waals surface area contributed by atoms with Crippen LogP contribution < -0.4 is 9.47 Å². The Hall–Kier alpha value is -3.12. The second kappa shape index (κ2) is 7.73. The van der Waals surface area contributed by atoms with Crippen LogP contribution in [-0.2, 0) is 16.2 Å². The Bertz CT molecular complexity index is 1170. The first-order chi connectivity index (χ1) is 16.1. The molecule has 3 fully saturated rings. The molecule has 6 unspecified atom stereocenters. The molecule has 2 aromatic rings. The smallest absolute Gasteiger partial charge is 0.254 e. The van der Waals surface area contributed by atoms with Gasteiger partial charge in [0, 0.05) is 10.6 Å². The second-order valence-corrected chi connectivity index (χ2v) is 9.59. The van der Waals surface area contributed by atoms with Gasteiger partial charge in [0.2, 0.25) is 0 Å². The molecule has 5 aliphatic rings. The second-order valence-electron chi connectivity index (χ2n) is 9.18. The number of allylic oxidation sites excluding steroid dienone is 2. The molecule has 1 saturated heterocycles. The van der Waals surface area contributed by atoms with Crippen molar-refractivity contribution in [2.45, 2.75) is 13.0 Å². The third kappa shape index (κ3) is 3.27. The number of hydrazone groups is 1. The van der Waals surface area contributed by atoms with Crippen LogP contribution in [0.1, 0.15) is 17.5 Å². The van der Waals surface area contributed by atoms with Gasteiger partial charge in [-0.3, -0.25) is 9.59 Å². The van der Waals surface area contributed by atoms with Crippen LogP contribution in [0.25, 0.3) is 0 Å². The van der Waals surface area contributed by atoms with E-state index in [2.05, 4.69) is 17.3 Å². The van der Waals surface area contributed by atoms with Crippen molar-refractivity contribution >= 4 is 29.6 Å². The van der Waals surface area contributed by atoms with Crippen LogP contribution in [0.4, 0.5) is 0 Å².